The van der Waals surface area contributed by atoms with Crippen molar-refractivity contribution in [3.05, 3.63) is 60.2 Å². The molecule has 4 aromatic rings. The van der Waals surface area contributed by atoms with E-state index in [0.717, 1.165) is 27.7 Å². The van der Waals surface area contributed by atoms with E-state index in [-0.39, 0.29) is 12.4 Å². The molecule has 4 nitrogen and oxygen atoms in total. The maximum atomic E-state index is 4.65. The zero-order valence-electron chi connectivity index (χ0n) is 11.5. The Bertz CT molecular complexity index is 885. The van der Waals surface area contributed by atoms with Crippen LogP contribution in [-0.4, -0.2) is 15.0 Å². The molecule has 0 atom stereocenters. The molecule has 2 N–H and O–H groups in total. The number of rotatable bonds is 3. The molecule has 6 heteroatoms. The first kappa shape index (κ1) is 14.6. The first-order valence-corrected chi connectivity index (χ1v) is 7.48. The van der Waals surface area contributed by atoms with Gasteiger partial charge >= 0.3 is 0 Å². The summed E-state index contributed by atoms with van der Waals surface area (Å²) in [6.07, 6.45) is 3.76. The molecule has 0 aliphatic rings. The highest BCUT2D eigenvalue weighted by atomic mass is 35.5. The molecule has 110 valence electrons. The topological polar surface area (TPSA) is 53.6 Å². The van der Waals surface area contributed by atoms with E-state index < -0.39 is 0 Å². The van der Waals surface area contributed by atoms with Gasteiger partial charge in [0.2, 0.25) is 0 Å². The summed E-state index contributed by atoms with van der Waals surface area (Å²) in [7, 11) is 0. The van der Waals surface area contributed by atoms with Crippen LogP contribution in [0.2, 0.25) is 0 Å². The van der Waals surface area contributed by atoms with Crippen LogP contribution in [0.15, 0.2) is 60.2 Å². The van der Waals surface area contributed by atoms with Crippen LogP contribution in [0.4, 0.5) is 10.9 Å². The monoisotopic (exact) mass is 328 g/mol. The lowest BCUT2D eigenvalue weighted by atomic mass is 10.1. The third-order valence-electron chi connectivity index (χ3n) is 3.27. The van der Waals surface area contributed by atoms with Crippen LogP contribution in [0.5, 0.6) is 0 Å². The van der Waals surface area contributed by atoms with Crippen molar-refractivity contribution in [3.8, 4) is 11.3 Å². The van der Waals surface area contributed by atoms with E-state index in [2.05, 4.69) is 37.8 Å². The third-order valence-corrected chi connectivity index (χ3v) is 4.03. The summed E-state index contributed by atoms with van der Waals surface area (Å²) < 4.78 is 0. The Hall–Kier alpha value is -2.37. The Morgan fingerprint density at radius 1 is 1.05 bits per heavy atom. The number of benzene rings is 1. The number of thiazole rings is 1. The van der Waals surface area contributed by atoms with Crippen molar-refractivity contribution in [2.45, 2.75) is 0 Å². The van der Waals surface area contributed by atoms with Gasteiger partial charge in [-0.05, 0) is 18.2 Å². The number of hydrogen-bond donors (Lipinski definition) is 2. The lowest BCUT2D eigenvalue weighted by molar-refractivity contribution is 1.29. The number of aromatic nitrogens is 3. The van der Waals surface area contributed by atoms with Crippen molar-refractivity contribution >= 4 is 45.6 Å². The van der Waals surface area contributed by atoms with Crippen LogP contribution in [0.3, 0.4) is 0 Å². The van der Waals surface area contributed by atoms with Gasteiger partial charge in [0, 0.05) is 34.2 Å². The van der Waals surface area contributed by atoms with Crippen LogP contribution in [0.25, 0.3) is 22.2 Å². The molecular formula is C16H13ClN4S. The van der Waals surface area contributed by atoms with E-state index in [1.54, 1.807) is 17.5 Å². The normalized spacial score (nSPS) is 10.4. The maximum Gasteiger partial charge on any atom is 0.188 e. The van der Waals surface area contributed by atoms with Crippen molar-refractivity contribution < 1.29 is 0 Å². The molecule has 0 amide bonds. The third kappa shape index (κ3) is 2.68. The number of anilines is 2. The van der Waals surface area contributed by atoms with Gasteiger partial charge in [-0.15, -0.1) is 23.7 Å². The van der Waals surface area contributed by atoms with E-state index in [9.17, 15) is 0 Å². The second-order valence-corrected chi connectivity index (χ2v) is 5.48. The molecule has 22 heavy (non-hydrogen) atoms. The average Bonchev–Trinajstić information content (AvgIpc) is 3.14. The van der Waals surface area contributed by atoms with Crippen molar-refractivity contribution in [3.63, 3.8) is 0 Å². The van der Waals surface area contributed by atoms with Crippen LogP contribution < -0.4 is 5.32 Å². The predicted octanol–water partition coefficient (Wildman–Crippen LogP) is 4.85. The molecule has 0 radical (unpaired) electrons. The second kappa shape index (κ2) is 6.17. The first-order chi connectivity index (χ1) is 10.4. The quantitative estimate of drug-likeness (QED) is 0.565. The Morgan fingerprint density at radius 3 is 2.77 bits per heavy atom. The van der Waals surface area contributed by atoms with Gasteiger partial charge in [-0.2, -0.15) is 0 Å². The van der Waals surface area contributed by atoms with Gasteiger partial charge < -0.3 is 10.3 Å². The van der Waals surface area contributed by atoms with Gasteiger partial charge in [-0.3, -0.25) is 0 Å². The summed E-state index contributed by atoms with van der Waals surface area (Å²) in [5, 5.41) is 7.31. The number of hydrogen-bond acceptors (Lipinski definition) is 4. The van der Waals surface area contributed by atoms with Crippen LogP contribution in [0.1, 0.15) is 0 Å². The Balaban J connectivity index is 0.00000144. The summed E-state index contributed by atoms with van der Waals surface area (Å²) in [4.78, 5) is 12.2. The summed E-state index contributed by atoms with van der Waals surface area (Å²) in [5.41, 5.74) is 3.21. The molecule has 0 aliphatic carbocycles. The molecule has 0 bridgehead atoms. The fourth-order valence-corrected chi connectivity index (χ4v) is 3.00. The highest BCUT2D eigenvalue weighted by molar-refractivity contribution is 7.14. The van der Waals surface area contributed by atoms with Crippen molar-refractivity contribution in [1.82, 2.24) is 15.0 Å². The molecular weight excluding hydrogens is 316 g/mol. The fourth-order valence-electron chi connectivity index (χ4n) is 2.28. The second-order valence-electron chi connectivity index (χ2n) is 4.63. The number of para-hydroxylation sites is 1. The number of nitrogens with one attached hydrogen (secondary N) is 2. The summed E-state index contributed by atoms with van der Waals surface area (Å²) in [6.45, 7) is 0. The number of nitrogens with zero attached hydrogens (tertiary/aromatic N) is 2. The molecule has 0 saturated carbocycles. The first-order valence-electron chi connectivity index (χ1n) is 6.60. The molecule has 3 aromatic heterocycles. The van der Waals surface area contributed by atoms with Gasteiger partial charge in [-0.1, -0.05) is 24.3 Å². The molecule has 0 fully saturated rings. The minimum atomic E-state index is 0. The minimum absolute atomic E-state index is 0. The van der Waals surface area contributed by atoms with E-state index >= 15 is 0 Å². The molecule has 0 aliphatic heterocycles. The SMILES string of the molecule is Cl.c1ccc(Nc2nc(-c3c[nH]c4ccccc34)cs2)nc1. The lowest BCUT2D eigenvalue weighted by Crippen LogP contribution is -1.91. The van der Waals surface area contributed by atoms with E-state index in [4.69, 9.17) is 0 Å². The number of aromatic amines is 1. The van der Waals surface area contributed by atoms with E-state index in [1.807, 2.05) is 36.5 Å². The standard InChI is InChI=1S/C16H12N4S.ClH/c1-2-6-13-11(5-1)12(9-18-13)14-10-21-16(19-14)20-15-7-3-4-8-17-15;/h1-10,18H,(H,17,19,20);1H. The summed E-state index contributed by atoms with van der Waals surface area (Å²) in [5.74, 6) is 0.803. The van der Waals surface area contributed by atoms with Crippen LogP contribution in [-0.2, 0) is 0 Å². The average molecular weight is 329 g/mol. The van der Waals surface area contributed by atoms with Crippen molar-refractivity contribution in [2.75, 3.05) is 5.32 Å². The Morgan fingerprint density at radius 2 is 1.91 bits per heavy atom. The number of pyridine rings is 1. The van der Waals surface area contributed by atoms with Gasteiger partial charge in [0.15, 0.2) is 5.13 Å². The lowest BCUT2D eigenvalue weighted by Gasteiger charge is -1.99. The summed E-state index contributed by atoms with van der Waals surface area (Å²) in [6, 6.07) is 14.0. The summed E-state index contributed by atoms with van der Waals surface area (Å²) >= 11 is 1.58. The van der Waals surface area contributed by atoms with Gasteiger partial charge in [0.05, 0.1) is 5.69 Å². The number of halogens is 1. The zero-order chi connectivity index (χ0) is 14.1. The van der Waals surface area contributed by atoms with Gasteiger partial charge in [-0.25, -0.2) is 9.97 Å². The largest absolute Gasteiger partial charge is 0.360 e. The number of H-pyrrole nitrogens is 1. The highest BCUT2D eigenvalue weighted by Crippen LogP contribution is 2.31. The molecule has 0 spiro atoms. The molecule has 3 heterocycles. The zero-order valence-corrected chi connectivity index (χ0v) is 13.1. The molecule has 0 saturated heterocycles. The highest BCUT2D eigenvalue weighted by Gasteiger charge is 2.09. The molecule has 0 unspecified atom stereocenters. The van der Waals surface area contributed by atoms with Crippen molar-refractivity contribution in [2.24, 2.45) is 0 Å². The minimum Gasteiger partial charge on any atom is -0.360 e. The smallest absolute Gasteiger partial charge is 0.188 e. The maximum absolute atomic E-state index is 4.65. The molecule has 1 aromatic carbocycles. The van der Waals surface area contributed by atoms with Gasteiger partial charge in [0.1, 0.15) is 5.82 Å². The number of fused-ring (bicyclic) bond motifs is 1. The van der Waals surface area contributed by atoms with Crippen molar-refractivity contribution in [1.29, 1.82) is 0 Å². The predicted molar refractivity (Wildman–Crippen MR) is 94.2 cm³/mol. The Labute approximate surface area is 137 Å². The van der Waals surface area contributed by atoms with E-state index in [1.165, 1.54) is 5.39 Å². The van der Waals surface area contributed by atoms with Gasteiger partial charge in [0.25, 0.3) is 0 Å². The molecule has 4 rings (SSSR count). The van der Waals surface area contributed by atoms with E-state index in [0.29, 0.717) is 0 Å². The fraction of sp³-hybridized carbons (Fsp3) is 0. The Kier molecular flexibility index (Phi) is 4.09. The van der Waals surface area contributed by atoms with Crippen LogP contribution >= 0.6 is 23.7 Å². The van der Waals surface area contributed by atoms with Crippen LogP contribution in [0, 0.1) is 0 Å².